The van der Waals surface area contributed by atoms with Crippen molar-refractivity contribution in [2.75, 3.05) is 12.0 Å². The molecule has 40 heavy (non-hydrogen) atoms. The fraction of sp³-hybridized carbons (Fsp3) is 0.588. The summed E-state index contributed by atoms with van der Waals surface area (Å²) in [5.74, 6) is 0.232. The van der Waals surface area contributed by atoms with Crippen LogP contribution in [0.4, 0.5) is 0 Å². The standard InChI is InChI=1S/C34H48N2O3S/c1-4-10-27-16-17-28(21-25-12-6-5-7-13-25)36(27)23-26-15-18-30(31(22-26)29-14-9-8-11-24(29)2)33(37)35-32(34(38)39)19-20-40-3/h8-9,11,14-15,18,22,25,27-28,32H,4-7,10,12-13,16-17,19-21,23H2,1-3H3,(H,35,37)(H,38,39)/t27-,28-,32-/m0/s1. The Hall–Kier alpha value is -2.31. The Kier molecular flexibility index (Phi) is 11.5. The summed E-state index contributed by atoms with van der Waals surface area (Å²) in [6.45, 7) is 5.26. The quantitative estimate of drug-likeness (QED) is 0.261. The summed E-state index contributed by atoms with van der Waals surface area (Å²) < 4.78 is 0. The monoisotopic (exact) mass is 564 g/mol. The lowest BCUT2D eigenvalue weighted by Gasteiger charge is -2.34. The molecule has 1 saturated carbocycles. The molecule has 0 unspecified atom stereocenters. The summed E-state index contributed by atoms with van der Waals surface area (Å²) >= 11 is 1.58. The minimum Gasteiger partial charge on any atom is -0.480 e. The van der Waals surface area contributed by atoms with Crippen LogP contribution in [0.15, 0.2) is 42.5 Å². The van der Waals surface area contributed by atoms with Gasteiger partial charge in [-0.25, -0.2) is 4.79 Å². The number of thioether (sulfide) groups is 1. The highest BCUT2D eigenvalue weighted by Gasteiger charge is 2.34. The van der Waals surface area contributed by atoms with Crippen molar-refractivity contribution >= 4 is 23.6 Å². The number of aryl methyl sites for hydroxylation is 1. The number of carboxylic acid groups (broad SMARTS) is 1. The fourth-order valence-corrected chi connectivity index (χ4v) is 7.37. The van der Waals surface area contributed by atoms with Crippen LogP contribution in [0.3, 0.4) is 0 Å². The van der Waals surface area contributed by atoms with Gasteiger partial charge >= 0.3 is 5.97 Å². The van der Waals surface area contributed by atoms with Crippen molar-refractivity contribution in [3.05, 3.63) is 59.2 Å². The van der Waals surface area contributed by atoms with Crippen LogP contribution in [0.5, 0.6) is 0 Å². The van der Waals surface area contributed by atoms with E-state index in [4.69, 9.17) is 0 Å². The zero-order chi connectivity index (χ0) is 28.5. The summed E-state index contributed by atoms with van der Waals surface area (Å²) in [4.78, 5) is 28.1. The van der Waals surface area contributed by atoms with Crippen LogP contribution >= 0.6 is 11.8 Å². The molecule has 1 amide bonds. The molecule has 0 spiro atoms. The third-order valence-electron chi connectivity index (χ3n) is 9.07. The van der Waals surface area contributed by atoms with E-state index in [0.29, 0.717) is 29.8 Å². The highest BCUT2D eigenvalue weighted by atomic mass is 32.2. The average Bonchev–Trinajstić information content (AvgIpc) is 3.32. The van der Waals surface area contributed by atoms with Gasteiger partial charge in [-0.05, 0) is 91.3 Å². The van der Waals surface area contributed by atoms with E-state index >= 15 is 0 Å². The zero-order valence-corrected chi connectivity index (χ0v) is 25.5. The summed E-state index contributed by atoms with van der Waals surface area (Å²) in [6, 6.07) is 14.7. The summed E-state index contributed by atoms with van der Waals surface area (Å²) in [6.07, 6.45) is 15.6. The molecule has 6 heteroatoms. The Morgan fingerprint density at radius 1 is 1.02 bits per heavy atom. The topological polar surface area (TPSA) is 69.6 Å². The van der Waals surface area contributed by atoms with Crippen LogP contribution in [0.2, 0.25) is 0 Å². The average molecular weight is 565 g/mol. The first-order valence-electron chi connectivity index (χ1n) is 15.4. The van der Waals surface area contributed by atoms with E-state index in [-0.39, 0.29) is 5.91 Å². The molecule has 2 aromatic carbocycles. The number of likely N-dealkylation sites (tertiary alicyclic amines) is 1. The first kappa shape index (κ1) is 30.6. The molecule has 5 nitrogen and oxygen atoms in total. The third kappa shape index (κ3) is 7.91. The molecule has 3 atom stereocenters. The van der Waals surface area contributed by atoms with Crippen LogP contribution in [0, 0.1) is 12.8 Å². The minimum atomic E-state index is -0.989. The molecule has 0 bridgehead atoms. The van der Waals surface area contributed by atoms with E-state index < -0.39 is 12.0 Å². The van der Waals surface area contributed by atoms with Gasteiger partial charge in [-0.1, -0.05) is 75.8 Å². The maximum absolute atomic E-state index is 13.5. The van der Waals surface area contributed by atoms with Crippen molar-refractivity contribution in [2.45, 2.75) is 109 Å². The van der Waals surface area contributed by atoms with E-state index in [1.807, 2.05) is 24.5 Å². The van der Waals surface area contributed by atoms with E-state index in [0.717, 1.165) is 29.2 Å². The van der Waals surface area contributed by atoms with E-state index in [1.165, 1.54) is 69.8 Å². The van der Waals surface area contributed by atoms with Gasteiger partial charge in [0, 0.05) is 24.2 Å². The second kappa shape index (κ2) is 15.1. The number of benzene rings is 2. The predicted molar refractivity (Wildman–Crippen MR) is 167 cm³/mol. The Balaban J connectivity index is 1.62. The number of nitrogens with one attached hydrogen (secondary N) is 1. The molecule has 1 heterocycles. The summed E-state index contributed by atoms with van der Waals surface area (Å²) in [5, 5.41) is 12.5. The number of aliphatic carboxylic acids is 1. The highest BCUT2D eigenvalue weighted by molar-refractivity contribution is 7.98. The van der Waals surface area contributed by atoms with Crippen LogP contribution in [-0.4, -0.2) is 52.0 Å². The molecule has 1 aliphatic carbocycles. The predicted octanol–water partition coefficient (Wildman–Crippen LogP) is 7.70. The second-order valence-electron chi connectivity index (χ2n) is 11.9. The lowest BCUT2D eigenvalue weighted by molar-refractivity contribution is -0.139. The van der Waals surface area contributed by atoms with Gasteiger partial charge in [0.1, 0.15) is 6.04 Å². The Labute approximate surface area is 245 Å². The lowest BCUT2D eigenvalue weighted by atomic mass is 9.84. The highest BCUT2D eigenvalue weighted by Crippen LogP contribution is 2.37. The number of carboxylic acids is 1. The zero-order valence-electron chi connectivity index (χ0n) is 24.7. The number of amides is 1. The van der Waals surface area contributed by atoms with Crippen molar-refractivity contribution in [3.8, 4) is 11.1 Å². The van der Waals surface area contributed by atoms with E-state index in [2.05, 4.69) is 48.3 Å². The summed E-state index contributed by atoms with van der Waals surface area (Å²) in [7, 11) is 0. The first-order chi connectivity index (χ1) is 19.4. The maximum atomic E-state index is 13.5. The molecule has 4 rings (SSSR count). The van der Waals surface area contributed by atoms with Gasteiger partial charge in [-0.2, -0.15) is 11.8 Å². The fourth-order valence-electron chi connectivity index (χ4n) is 6.90. The van der Waals surface area contributed by atoms with Crippen LogP contribution in [0.1, 0.15) is 99.0 Å². The van der Waals surface area contributed by atoms with Crippen molar-refractivity contribution in [1.29, 1.82) is 0 Å². The number of carbonyl (C=O) groups excluding carboxylic acids is 1. The SMILES string of the molecule is CCC[C@H]1CC[C@@H](CC2CCCCC2)N1Cc1ccc(C(=O)N[C@@H](CCSC)C(=O)O)c(-c2ccccc2C)c1. The number of nitrogens with zero attached hydrogens (tertiary/aromatic N) is 1. The van der Waals surface area contributed by atoms with Crippen molar-refractivity contribution in [3.63, 3.8) is 0 Å². The van der Waals surface area contributed by atoms with Gasteiger partial charge in [-0.3, -0.25) is 9.69 Å². The van der Waals surface area contributed by atoms with E-state index in [9.17, 15) is 14.7 Å². The molecule has 2 N–H and O–H groups in total. The minimum absolute atomic E-state index is 0.321. The number of hydrogen-bond donors (Lipinski definition) is 2. The van der Waals surface area contributed by atoms with Gasteiger partial charge in [-0.15, -0.1) is 0 Å². The molecule has 0 aromatic heterocycles. The van der Waals surface area contributed by atoms with Gasteiger partial charge in [0.05, 0.1) is 0 Å². The third-order valence-corrected chi connectivity index (χ3v) is 9.71. The summed E-state index contributed by atoms with van der Waals surface area (Å²) in [5.41, 5.74) is 4.78. The second-order valence-corrected chi connectivity index (χ2v) is 12.9. The maximum Gasteiger partial charge on any atom is 0.326 e. The number of carbonyl (C=O) groups is 2. The van der Waals surface area contributed by atoms with Crippen molar-refractivity contribution < 1.29 is 14.7 Å². The van der Waals surface area contributed by atoms with Gasteiger partial charge in [0.15, 0.2) is 0 Å². The lowest BCUT2D eigenvalue weighted by Crippen LogP contribution is -2.41. The molecular formula is C34H48N2O3S. The van der Waals surface area contributed by atoms with Gasteiger partial charge < -0.3 is 10.4 Å². The molecule has 2 aliphatic rings. The molecule has 1 aliphatic heterocycles. The van der Waals surface area contributed by atoms with Crippen LogP contribution < -0.4 is 5.32 Å². The Morgan fingerprint density at radius 2 is 1.77 bits per heavy atom. The number of hydrogen-bond acceptors (Lipinski definition) is 4. The first-order valence-corrected chi connectivity index (χ1v) is 16.8. The van der Waals surface area contributed by atoms with Gasteiger partial charge in [0.2, 0.25) is 0 Å². The number of rotatable bonds is 13. The molecule has 0 radical (unpaired) electrons. The smallest absolute Gasteiger partial charge is 0.326 e. The normalized spacial score (nSPS) is 20.9. The molecule has 218 valence electrons. The molecule has 2 aromatic rings. The van der Waals surface area contributed by atoms with Crippen molar-refractivity contribution in [2.24, 2.45) is 5.92 Å². The Bertz CT molecular complexity index is 1130. The van der Waals surface area contributed by atoms with Crippen molar-refractivity contribution in [1.82, 2.24) is 10.2 Å². The van der Waals surface area contributed by atoms with Gasteiger partial charge in [0.25, 0.3) is 5.91 Å². The molecule has 2 fully saturated rings. The molecule has 1 saturated heterocycles. The molecular weight excluding hydrogens is 516 g/mol. The largest absolute Gasteiger partial charge is 0.480 e. The van der Waals surface area contributed by atoms with Crippen LogP contribution in [0.25, 0.3) is 11.1 Å². The Morgan fingerprint density at radius 3 is 2.48 bits per heavy atom. The van der Waals surface area contributed by atoms with E-state index in [1.54, 1.807) is 11.8 Å². The van der Waals surface area contributed by atoms with Crippen LogP contribution in [-0.2, 0) is 11.3 Å².